The fourth-order valence-electron chi connectivity index (χ4n) is 4.72. The first-order valence-corrected chi connectivity index (χ1v) is 12.8. The lowest BCUT2D eigenvalue weighted by atomic mass is 10.0. The maximum absolute atomic E-state index is 13.8. The summed E-state index contributed by atoms with van der Waals surface area (Å²) in [6, 6.07) is 11.8. The molecule has 0 radical (unpaired) electrons. The maximum Gasteiger partial charge on any atom is 0.416 e. The lowest BCUT2D eigenvalue weighted by Gasteiger charge is -2.31. The number of halogens is 6. The van der Waals surface area contributed by atoms with Gasteiger partial charge < -0.3 is 4.90 Å². The highest BCUT2D eigenvalue weighted by Gasteiger charge is 2.38. The van der Waals surface area contributed by atoms with Gasteiger partial charge in [-0.1, -0.05) is 31.2 Å². The van der Waals surface area contributed by atoms with Crippen LogP contribution in [-0.4, -0.2) is 26.9 Å². The van der Waals surface area contributed by atoms with E-state index in [9.17, 15) is 35.9 Å². The van der Waals surface area contributed by atoms with Gasteiger partial charge in [0.05, 0.1) is 33.8 Å². The van der Waals surface area contributed by atoms with Gasteiger partial charge in [0.1, 0.15) is 5.82 Å². The van der Waals surface area contributed by atoms with Crippen molar-refractivity contribution in [3.63, 3.8) is 0 Å². The third kappa shape index (κ3) is 5.98. The lowest BCUT2D eigenvalue weighted by Crippen LogP contribution is -2.38. The molecular formula is C30H27F6N3O2. The lowest BCUT2D eigenvalue weighted by molar-refractivity contribution is -0.143. The number of rotatable bonds is 6. The molecule has 0 spiro atoms. The molecule has 3 aromatic carbocycles. The normalized spacial score (nSPS) is 12.9. The van der Waals surface area contributed by atoms with Crippen LogP contribution >= 0.6 is 0 Å². The number of aryl methyl sites for hydroxylation is 2. The second kappa shape index (κ2) is 11.0. The summed E-state index contributed by atoms with van der Waals surface area (Å²) in [4.78, 5) is 33.4. The first-order chi connectivity index (χ1) is 19.1. The minimum absolute atomic E-state index is 0.0204. The number of amides is 1. The molecule has 0 aliphatic heterocycles. The molecule has 0 bridgehead atoms. The van der Waals surface area contributed by atoms with Crippen molar-refractivity contribution in [3.05, 3.63) is 105 Å². The molecular weight excluding hydrogens is 548 g/mol. The van der Waals surface area contributed by atoms with Crippen molar-refractivity contribution in [2.75, 3.05) is 6.54 Å². The quantitative estimate of drug-likeness (QED) is 0.222. The number of hydrogen-bond acceptors (Lipinski definition) is 3. The summed E-state index contributed by atoms with van der Waals surface area (Å²) in [5.41, 5.74) is -1.96. The Morgan fingerprint density at radius 1 is 0.927 bits per heavy atom. The number of hydrogen-bond donors (Lipinski definition) is 0. The number of nitrogens with zero attached hydrogens (tertiary/aromatic N) is 3. The zero-order chi connectivity index (χ0) is 30.3. The highest BCUT2D eigenvalue weighted by Crippen LogP contribution is 2.37. The molecule has 41 heavy (non-hydrogen) atoms. The van der Waals surface area contributed by atoms with E-state index < -0.39 is 46.6 Å². The molecule has 1 aromatic heterocycles. The zero-order valence-corrected chi connectivity index (χ0v) is 22.7. The molecule has 0 N–H and O–H groups in total. The van der Waals surface area contributed by atoms with Gasteiger partial charge in [-0.05, 0) is 74.7 Å². The Labute approximate surface area is 232 Å². The smallest absolute Gasteiger partial charge is 0.329 e. The van der Waals surface area contributed by atoms with Crippen molar-refractivity contribution in [1.82, 2.24) is 14.5 Å². The van der Waals surface area contributed by atoms with E-state index in [0.29, 0.717) is 35.1 Å². The average Bonchev–Trinajstić information content (AvgIpc) is 2.91. The molecule has 0 aliphatic rings. The summed E-state index contributed by atoms with van der Waals surface area (Å²) in [6.07, 6.45) is -9.89. The van der Waals surface area contributed by atoms with Gasteiger partial charge in [-0.3, -0.25) is 14.2 Å². The number of benzene rings is 3. The number of alkyl halides is 6. The molecule has 4 rings (SSSR count). The molecule has 1 heterocycles. The van der Waals surface area contributed by atoms with Crippen LogP contribution in [0.4, 0.5) is 26.3 Å². The molecule has 5 nitrogen and oxygen atoms in total. The predicted octanol–water partition coefficient (Wildman–Crippen LogP) is 7.65. The van der Waals surface area contributed by atoms with Crippen molar-refractivity contribution in [2.45, 2.75) is 52.5 Å². The average molecular weight is 576 g/mol. The Kier molecular flexibility index (Phi) is 8.02. The molecule has 1 unspecified atom stereocenters. The van der Waals surface area contributed by atoms with E-state index in [2.05, 4.69) is 4.98 Å². The number of carbonyl (C=O) groups excluding carboxylic acids is 1. The molecule has 4 aromatic rings. The summed E-state index contributed by atoms with van der Waals surface area (Å²) in [6.45, 7) is 6.87. The Balaban J connectivity index is 1.95. The van der Waals surface area contributed by atoms with Crippen LogP contribution in [0.15, 0.2) is 65.5 Å². The van der Waals surface area contributed by atoms with Crippen LogP contribution in [0, 0.1) is 13.8 Å². The molecule has 1 amide bonds. The first-order valence-electron chi connectivity index (χ1n) is 12.8. The topological polar surface area (TPSA) is 55.2 Å². The Morgan fingerprint density at radius 2 is 1.54 bits per heavy atom. The van der Waals surface area contributed by atoms with E-state index in [1.54, 1.807) is 51.1 Å². The molecule has 1 atom stereocenters. The van der Waals surface area contributed by atoms with Gasteiger partial charge >= 0.3 is 12.4 Å². The fraction of sp³-hybridized carbons (Fsp3) is 0.300. The zero-order valence-electron chi connectivity index (χ0n) is 22.7. The second-order valence-corrected chi connectivity index (χ2v) is 9.89. The van der Waals surface area contributed by atoms with Crippen LogP contribution < -0.4 is 5.56 Å². The van der Waals surface area contributed by atoms with Crippen LogP contribution in [0.1, 0.15) is 64.7 Å². The summed E-state index contributed by atoms with van der Waals surface area (Å²) >= 11 is 0. The van der Waals surface area contributed by atoms with Crippen molar-refractivity contribution < 1.29 is 31.1 Å². The van der Waals surface area contributed by atoms with Crippen molar-refractivity contribution in [2.24, 2.45) is 0 Å². The SMILES string of the molecule is CCCN(C(=O)c1cc(C(F)(F)F)cc(C(F)(F)F)c1)C(C)c1nc2ccccc2c(=O)n1-c1cc(C)ccc1C. The number of carbonyl (C=O) groups is 1. The van der Waals surface area contributed by atoms with Crippen LogP contribution in [0.25, 0.3) is 16.6 Å². The maximum atomic E-state index is 13.8. The fourth-order valence-corrected chi connectivity index (χ4v) is 4.72. The van der Waals surface area contributed by atoms with E-state index in [1.807, 2.05) is 19.1 Å². The predicted molar refractivity (Wildman–Crippen MR) is 143 cm³/mol. The monoisotopic (exact) mass is 575 g/mol. The van der Waals surface area contributed by atoms with Crippen LogP contribution in [-0.2, 0) is 12.4 Å². The van der Waals surface area contributed by atoms with E-state index in [1.165, 1.54) is 4.57 Å². The standard InChI is InChI=1S/C30H27F6N3O2/c1-5-12-38(27(40)20-14-21(29(31,32)33)16-22(15-20)30(34,35)36)19(4)26-37-24-9-7-6-8-23(24)28(41)39(26)25-13-17(2)10-11-18(25)3/h6-11,13-16,19H,5,12H2,1-4H3. The Hall–Kier alpha value is -4.15. The third-order valence-electron chi connectivity index (χ3n) is 6.81. The van der Waals surface area contributed by atoms with E-state index in [-0.39, 0.29) is 18.4 Å². The highest BCUT2D eigenvalue weighted by atomic mass is 19.4. The van der Waals surface area contributed by atoms with E-state index in [4.69, 9.17) is 0 Å². The van der Waals surface area contributed by atoms with Gasteiger partial charge in [0.15, 0.2) is 0 Å². The number of aromatic nitrogens is 2. The van der Waals surface area contributed by atoms with Gasteiger partial charge in [0.2, 0.25) is 0 Å². The molecule has 0 fully saturated rings. The number of fused-ring (bicyclic) bond motifs is 1. The van der Waals surface area contributed by atoms with Crippen molar-refractivity contribution >= 4 is 16.8 Å². The Bertz CT molecular complexity index is 1640. The van der Waals surface area contributed by atoms with Gasteiger partial charge in [0, 0.05) is 12.1 Å². The van der Waals surface area contributed by atoms with Crippen LogP contribution in [0.3, 0.4) is 0 Å². The van der Waals surface area contributed by atoms with Crippen LogP contribution in [0.2, 0.25) is 0 Å². The van der Waals surface area contributed by atoms with Gasteiger partial charge in [0.25, 0.3) is 11.5 Å². The minimum Gasteiger partial charge on any atom is -0.329 e. The third-order valence-corrected chi connectivity index (χ3v) is 6.81. The van der Waals surface area contributed by atoms with E-state index in [0.717, 1.165) is 16.0 Å². The van der Waals surface area contributed by atoms with Gasteiger partial charge in [-0.2, -0.15) is 26.3 Å². The summed E-state index contributed by atoms with van der Waals surface area (Å²) in [5.74, 6) is -0.932. The summed E-state index contributed by atoms with van der Waals surface area (Å²) in [5, 5.41) is 0.311. The largest absolute Gasteiger partial charge is 0.416 e. The van der Waals surface area contributed by atoms with Crippen LogP contribution in [0.5, 0.6) is 0 Å². The van der Waals surface area contributed by atoms with Crippen molar-refractivity contribution in [1.29, 1.82) is 0 Å². The molecule has 11 heteroatoms. The van der Waals surface area contributed by atoms with E-state index >= 15 is 0 Å². The highest BCUT2D eigenvalue weighted by molar-refractivity contribution is 5.95. The Morgan fingerprint density at radius 3 is 2.12 bits per heavy atom. The molecule has 0 saturated carbocycles. The van der Waals surface area contributed by atoms with Crippen molar-refractivity contribution in [3.8, 4) is 5.69 Å². The molecule has 0 aliphatic carbocycles. The second-order valence-electron chi connectivity index (χ2n) is 9.89. The first kappa shape index (κ1) is 29.8. The molecule has 216 valence electrons. The summed E-state index contributed by atoms with van der Waals surface area (Å²) < 4.78 is 82.6. The van der Waals surface area contributed by atoms with Gasteiger partial charge in [-0.25, -0.2) is 4.98 Å². The molecule has 0 saturated heterocycles. The summed E-state index contributed by atoms with van der Waals surface area (Å²) in [7, 11) is 0. The van der Waals surface area contributed by atoms with Gasteiger partial charge in [-0.15, -0.1) is 0 Å². The minimum atomic E-state index is -5.11. The number of para-hydroxylation sites is 1.